The number of rotatable bonds is 4. The monoisotopic (exact) mass is 342 g/mol. The molecule has 0 fully saturated rings. The maximum Gasteiger partial charge on any atom is 0.137 e. The van der Waals surface area contributed by atoms with Gasteiger partial charge in [-0.25, -0.2) is 4.39 Å². The lowest BCUT2D eigenvalue weighted by Gasteiger charge is -2.12. The number of methoxy groups -OCH3 is 1. The maximum absolute atomic E-state index is 13.1. The second-order valence-corrected chi connectivity index (χ2v) is 5.71. The summed E-state index contributed by atoms with van der Waals surface area (Å²) in [5.74, 6) is 0.431. The highest BCUT2D eigenvalue weighted by Crippen LogP contribution is 2.33. The molecule has 0 saturated carbocycles. The van der Waals surface area contributed by atoms with Gasteiger partial charge in [-0.1, -0.05) is 45.7 Å². The fourth-order valence-electron chi connectivity index (χ4n) is 1.87. The van der Waals surface area contributed by atoms with Gasteiger partial charge in [-0.2, -0.15) is 0 Å². The standard InChI is InChI=1S/C15H13BrClFO/c1-19-15-6-5-11(9-14(15)17)13(16)8-10-3-2-4-12(18)7-10/h2-7,9,13H,8H2,1H3. The van der Waals surface area contributed by atoms with Crippen molar-refractivity contribution in [3.63, 3.8) is 0 Å². The first-order chi connectivity index (χ1) is 9.10. The summed E-state index contributed by atoms with van der Waals surface area (Å²) >= 11 is 9.70. The van der Waals surface area contributed by atoms with E-state index in [1.165, 1.54) is 6.07 Å². The fourth-order valence-corrected chi connectivity index (χ4v) is 2.79. The molecule has 100 valence electrons. The van der Waals surface area contributed by atoms with Gasteiger partial charge in [0.1, 0.15) is 11.6 Å². The van der Waals surface area contributed by atoms with E-state index < -0.39 is 0 Å². The Hall–Kier alpha value is -1.06. The molecule has 1 atom stereocenters. The Bertz CT molecular complexity index is 574. The first kappa shape index (κ1) is 14.4. The molecule has 0 spiro atoms. The minimum atomic E-state index is -0.218. The van der Waals surface area contributed by atoms with Crippen molar-refractivity contribution < 1.29 is 9.13 Å². The molecule has 2 aromatic rings. The van der Waals surface area contributed by atoms with Crippen LogP contribution < -0.4 is 4.74 Å². The molecule has 0 aromatic heterocycles. The van der Waals surface area contributed by atoms with E-state index in [1.807, 2.05) is 24.3 Å². The molecule has 19 heavy (non-hydrogen) atoms. The third-order valence-corrected chi connectivity index (χ3v) is 3.99. The number of ether oxygens (including phenoxy) is 1. The van der Waals surface area contributed by atoms with E-state index in [0.29, 0.717) is 17.2 Å². The molecule has 0 radical (unpaired) electrons. The highest BCUT2D eigenvalue weighted by molar-refractivity contribution is 9.09. The van der Waals surface area contributed by atoms with E-state index in [-0.39, 0.29) is 10.6 Å². The van der Waals surface area contributed by atoms with Gasteiger partial charge in [0, 0.05) is 4.83 Å². The Balaban J connectivity index is 2.15. The van der Waals surface area contributed by atoms with E-state index in [4.69, 9.17) is 16.3 Å². The number of alkyl halides is 1. The molecular formula is C15H13BrClFO. The molecule has 2 rings (SSSR count). The Morgan fingerprint density at radius 3 is 2.68 bits per heavy atom. The lowest BCUT2D eigenvalue weighted by molar-refractivity contribution is 0.415. The smallest absolute Gasteiger partial charge is 0.137 e. The highest BCUT2D eigenvalue weighted by Gasteiger charge is 2.11. The van der Waals surface area contributed by atoms with Crippen LogP contribution >= 0.6 is 27.5 Å². The summed E-state index contributed by atoms with van der Waals surface area (Å²) < 4.78 is 18.2. The van der Waals surface area contributed by atoms with Gasteiger partial charge in [0.2, 0.25) is 0 Å². The van der Waals surface area contributed by atoms with E-state index in [0.717, 1.165) is 11.1 Å². The second-order valence-electron chi connectivity index (χ2n) is 4.20. The molecule has 0 amide bonds. The SMILES string of the molecule is COc1ccc(C(Br)Cc2cccc(F)c2)cc1Cl. The molecule has 0 aliphatic heterocycles. The Morgan fingerprint density at radius 2 is 2.05 bits per heavy atom. The molecule has 0 aliphatic rings. The molecule has 0 heterocycles. The Labute approximate surface area is 125 Å². The number of benzene rings is 2. The van der Waals surface area contributed by atoms with Crippen LogP contribution in [0.25, 0.3) is 0 Å². The van der Waals surface area contributed by atoms with Crippen molar-refractivity contribution in [3.8, 4) is 5.75 Å². The largest absolute Gasteiger partial charge is 0.495 e. The first-order valence-corrected chi connectivity index (χ1v) is 7.11. The zero-order valence-corrected chi connectivity index (χ0v) is 12.7. The molecular weight excluding hydrogens is 331 g/mol. The van der Waals surface area contributed by atoms with Crippen LogP contribution in [0.2, 0.25) is 5.02 Å². The van der Waals surface area contributed by atoms with Crippen LogP contribution in [-0.2, 0) is 6.42 Å². The van der Waals surface area contributed by atoms with Gasteiger partial charge < -0.3 is 4.74 Å². The van der Waals surface area contributed by atoms with Crippen molar-refractivity contribution in [2.75, 3.05) is 7.11 Å². The van der Waals surface area contributed by atoms with Crippen molar-refractivity contribution in [1.82, 2.24) is 0 Å². The van der Waals surface area contributed by atoms with Crippen LogP contribution in [0.1, 0.15) is 16.0 Å². The number of halogens is 3. The molecule has 1 unspecified atom stereocenters. The molecule has 2 aromatic carbocycles. The third kappa shape index (κ3) is 3.71. The van der Waals surface area contributed by atoms with Gasteiger partial charge in [-0.05, 0) is 41.8 Å². The summed E-state index contributed by atoms with van der Waals surface area (Å²) in [5, 5.41) is 0.573. The van der Waals surface area contributed by atoms with Gasteiger partial charge in [0.25, 0.3) is 0 Å². The minimum absolute atomic E-state index is 0.0812. The predicted molar refractivity (Wildman–Crippen MR) is 79.8 cm³/mol. The quantitative estimate of drug-likeness (QED) is 0.696. The van der Waals surface area contributed by atoms with Gasteiger partial charge in [0.05, 0.1) is 12.1 Å². The van der Waals surface area contributed by atoms with Gasteiger partial charge >= 0.3 is 0 Å². The average Bonchev–Trinajstić information content (AvgIpc) is 2.38. The molecule has 0 aliphatic carbocycles. The molecule has 4 heteroatoms. The zero-order chi connectivity index (χ0) is 13.8. The van der Waals surface area contributed by atoms with Crippen LogP contribution in [-0.4, -0.2) is 7.11 Å². The fraction of sp³-hybridized carbons (Fsp3) is 0.200. The lowest BCUT2D eigenvalue weighted by atomic mass is 10.0. The highest BCUT2D eigenvalue weighted by atomic mass is 79.9. The molecule has 0 N–H and O–H groups in total. The zero-order valence-electron chi connectivity index (χ0n) is 10.4. The summed E-state index contributed by atoms with van der Waals surface area (Å²) in [6, 6.07) is 12.2. The summed E-state index contributed by atoms with van der Waals surface area (Å²) in [4.78, 5) is 0.0812. The summed E-state index contributed by atoms with van der Waals surface area (Å²) in [6.45, 7) is 0. The van der Waals surface area contributed by atoms with Crippen molar-refractivity contribution >= 4 is 27.5 Å². The van der Waals surface area contributed by atoms with Gasteiger partial charge in [-0.3, -0.25) is 0 Å². The molecule has 1 nitrogen and oxygen atoms in total. The average molecular weight is 344 g/mol. The van der Waals surface area contributed by atoms with Crippen molar-refractivity contribution in [1.29, 1.82) is 0 Å². The van der Waals surface area contributed by atoms with E-state index >= 15 is 0 Å². The minimum Gasteiger partial charge on any atom is -0.495 e. The number of hydrogen-bond acceptors (Lipinski definition) is 1. The van der Waals surface area contributed by atoms with Crippen LogP contribution in [0.15, 0.2) is 42.5 Å². The van der Waals surface area contributed by atoms with Gasteiger partial charge in [0.15, 0.2) is 0 Å². The summed E-state index contributed by atoms with van der Waals surface area (Å²) in [6.07, 6.45) is 0.695. The van der Waals surface area contributed by atoms with E-state index in [1.54, 1.807) is 19.2 Å². The Morgan fingerprint density at radius 1 is 1.26 bits per heavy atom. The Kier molecular flexibility index (Phi) is 4.83. The van der Waals surface area contributed by atoms with Crippen LogP contribution in [0, 0.1) is 5.82 Å². The molecule has 0 bridgehead atoms. The normalized spacial score (nSPS) is 12.2. The van der Waals surface area contributed by atoms with Crippen LogP contribution in [0.5, 0.6) is 5.75 Å². The first-order valence-electron chi connectivity index (χ1n) is 5.82. The topological polar surface area (TPSA) is 9.23 Å². The second kappa shape index (κ2) is 6.40. The van der Waals surface area contributed by atoms with Crippen LogP contribution in [0.3, 0.4) is 0 Å². The summed E-state index contributed by atoms with van der Waals surface area (Å²) in [7, 11) is 1.58. The van der Waals surface area contributed by atoms with Gasteiger partial charge in [-0.15, -0.1) is 0 Å². The third-order valence-electron chi connectivity index (χ3n) is 2.84. The van der Waals surface area contributed by atoms with Crippen molar-refractivity contribution in [2.24, 2.45) is 0 Å². The van der Waals surface area contributed by atoms with Crippen LogP contribution in [0.4, 0.5) is 4.39 Å². The van der Waals surface area contributed by atoms with E-state index in [2.05, 4.69) is 15.9 Å². The summed E-state index contributed by atoms with van der Waals surface area (Å²) in [5.41, 5.74) is 1.98. The van der Waals surface area contributed by atoms with Crippen molar-refractivity contribution in [3.05, 3.63) is 64.4 Å². The lowest BCUT2D eigenvalue weighted by Crippen LogP contribution is -1.96. The predicted octanol–water partition coefficient (Wildman–Crippen LogP) is 5.17. The van der Waals surface area contributed by atoms with Crippen molar-refractivity contribution in [2.45, 2.75) is 11.2 Å². The number of hydrogen-bond donors (Lipinski definition) is 0. The maximum atomic E-state index is 13.1. The van der Waals surface area contributed by atoms with E-state index in [9.17, 15) is 4.39 Å². The molecule has 0 saturated heterocycles.